The predicted molar refractivity (Wildman–Crippen MR) is 66.2 cm³/mol. The first-order valence-electron chi connectivity index (χ1n) is 6.00. The topological polar surface area (TPSA) is 46.2 Å². The van der Waals surface area contributed by atoms with Crippen LogP contribution in [-0.4, -0.2) is 10.7 Å². The highest BCUT2D eigenvalue weighted by atomic mass is 16.3. The van der Waals surface area contributed by atoms with Crippen LogP contribution in [0.25, 0.3) is 0 Å². The van der Waals surface area contributed by atoms with E-state index in [0.29, 0.717) is 6.42 Å². The number of hydrogen-bond donors (Lipinski definition) is 2. The molecule has 0 aliphatic heterocycles. The van der Waals surface area contributed by atoms with Gasteiger partial charge in [0.05, 0.1) is 5.60 Å². The average Bonchev–Trinajstić information content (AvgIpc) is 2.12. The molecule has 2 nitrogen and oxygen atoms in total. The van der Waals surface area contributed by atoms with Gasteiger partial charge < -0.3 is 10.8 Å². The van der Waals surface area contributed by atoms with Crippen molar-refractivity contribution >= 4 is 0 Å². The van der Waals surface area contributed by atoms with Crippen molar-refractivity contribution in [2.45, 2.75) is 50.7 Å². The summed E-state index contributed by atoms with van der Waals surface area (Å²) >= 11 is 0. The molecule has 0 radical (unpaired) electrons. The summed E-state index contributed by atoms with van der Waals surface area (Å²) in [5.41, 5.74) is 7.93. The van der Waals surface area contributed by atoms with E-state index in [9.17, 15) is 5.11 Å². The number of nitrogens with two attached hydrogens (primary N) is 1. The molecule has 1 aliphatic carbocycles. The van der Waals surface area contributed by atoms with Gasteiger partial charge in [-0.15, -0.1) is 0 Å². The summed E-state index contributed by atoms with van der Waals surface area (Å²) in [5, 5.41) is 9.80. The van der Waals surface area contributed by atoms with Crippen molar-refractivity contribution in [2.24, 2.45) is 5.73 Å². The third-order valence-corrected chi connectivity index (χ3v) is 3.38. The molecule has 1 aromatic rings. The molecular formula is C14H21NO. The molecular weight excluding hydrogens is 198 g/mol. The Morgan fingerprint density at radius 1 is 1.38 bits per heavy atom. The number of rotatable bonds is 3. The van der Waals surface area contributed by atoms with Gasteiger partial charge in [-0.1, -0.05) is 24.3 Å². The van der Waals surface area contributed by atoms with Gasteiger partial charge in [-0.25, -0.2) is 0 Å². The highest BCUT2D eigenvalue weighted by molar-refractivity contribution is 5.31. The van der Waals surface area contributed by atoms with Crippen molar-refractivity contribution in [3.8, 4) is 0 Å². The molecule has 0 atom stereocenters. The van der Waals surface area contributed by atoms with Crippen molar-refractivity contribution in [1.82, 2.24) is 0 Å². The molecule has 0 saturated heterocycles. The first kappa shape index (κ1) is 11.6. The molecule has 1 aliphatic rings. The van der Waals surface area contributed by atoms with Crippen LogP contribution in [0, 0.1) is 0 Å². The molecule has 88 valence electrons. The Labute approximate surface area is 97.5 Å². The van der Waals surface area contributed by atoms with Gasteiger partial charge in [0.1, 0.15) is 0 Å². The fraction of sp³-hybridized carbons (Fsp3) is 0.571. The van der Waals surface area contributed by atoms with Gasteiger partial charge in [-0.3, -0.25) is 0 Å². The first-order chi connectivity index (χ1) is 7.39. The molecule has 16 heavy (non-hydrogen) atoms. The first-order valence-corrected chi connectivity index (χ1v) is 6.00. The van der Waals surface area contributed by atoms with Crippen LogP contribution in [0.15, 0.2) is 24.3 Å². The quantitative estimate of drug-likeness (QED) is 0.819. The molecule has 3 N–H and O–H groups in total. The SMILES string of the molecule is CC(C)(O)Cc1cccc(C2(N)CCC2)c1. The fourth-order valence-electron chi connectivity index (χ4n) is 2.34. The second-order valence-electron chi connectivity index (χ2n) is 5.70. The lowest BCUT2D eigenvalue weighted by molar-refractivity contribution is 0.0809. The largest absolute Gasteiger partial charge is 0.390 e. The summed E-state index contributed by atoms with van der Waals surface area (Å²) in [7, 11) is 0. The summed E-state index contributed by atoms with van der Waals surface area (Å²) in [6.07, 6.45) is 4.07. The standard InChI is InChI=1S/C14H21NO/c1-13(2,16)10-11-5-3-6-12(9-11)14(15)7-4-8-14/h3,5-6,9,16H,4,7-8,10,15H2,1-2H3. The Morgan fingerprint density at radius 2 is 2.06 bits per heavy atom. The second-order valence-corrected chi connectivity index (χ2v) is 5.70. The van der Waals surface area contributed by atoms with Crippen LogP contribution in [0.1, 0.15) is 44.2 Å². The normalized spacial score (nSPS) is 19.2. The zero-order valence-electron chi connectivity index (χ0n) is 10.2. The van der Waals surface area contributed by atoms with E-state index in [0.717, 1.165) is 12.8 Å². The molecule has 0 spiro atoms. The van der Waals surface area contributed by atoms with Crippen LogP contribution in [0.4, 0.5) is 0 Å². The van der Waals surface area contributed by atoms with E-state index >= 15 is 0 Å². The Kier molecular flexibility index (Phi) is 2.81. The van der Waals surface area contributed by atoms with Crippen molar-refractivity contribution in [2.75, 3.05) is 0 Å². The zero-order valence-corrected chi connectivity index (χ0v) is 10.2. The predicted octanol–water partition coefficient (Wildman–Crippen LogP) is 2.34. The third kappa shape index (κ3) is 2.45. The minimum absolute atomic E-state index is 0.102. The monoisotopic (exact) mass is 219 g/mol. The molecule has 0 unspecified atom stereocenters. The third-order valence-electron chi connectivity index (χ3n) is 3.38. The zero-order chi connectivity index (χ0) is 11.8. The van der Waals surface area contributed by atoms with E-state index in [4.69, 9.17) is 5.73 Å². The lowest BCUT2D eigenvalue weighted by atomic mass is 9.72. The minimum Gasteiger partial charge on any atom is -0.390 e. The summed E-state index contributed by atoms with van der Waals surface area (Å²) in [4.78, 5) is 0. The van der Waals surface area contributed by atoms with Crippen LogP contribution in [0.5, 0.6) is 0 Å². The van der Waals surface area contributed by atoms with Crippen LogP contribution >= 0.6 is 0 Å². The van der Waals surface area contributed by atoms with Gasteiger partial charge >= 0.3 is 0 Å². The van der Waals surface area contributed by atoms with Crippen molar-refractivity contribution in [3.05, 3.63) is 35.4 Å². The summed E-state index contributed by atoms with van der Waals surface area (Å²) in [5.74, 6) is 0. The van der Waals surface area contributed by atoms with E-state index in [1.165, 1.54) is 17.5 Å². The number of hydrogen-bond acceptors (Lipinski definition) is 2. The molecule has 0 aromatic heterocycles. The van der Waals surface area contributed by atoms with Gasteiger partial charge in [-0.05, 0) is 44.2 Å². The highest BCUT2D eigenvalue weighted by Gasteiger charge is 2.34. The molecule has 0 amide bonds. The van der Waals surface area contributed by atoms with Crippen LogP contribution in [0.3, 0.4) is 0 Å². The van der Waals surface area contributed by atoms with Crippen molar-refractivity contribution in [1.29, 1.82) is 0 Å². The lowest BCUT2D eigenvalue weighted by Crippen LogP contribution is -2.43. The van der Waals surface area contributed by atoms with Gasteiger partial charge in [0, 0.05) is 12.0 Å². The summed E-state index contributed by atoms with van der Waals surface area (Å²) in [6.45, 7) is 3.67. The number of aliphatic hydroxyl groups is 1. The van der Waals surface area contributed by atoms with E-state index in [1.54, 1.807) is 0 Å². The Hall–Kier alpha value is -0.860. The Morgan fingerprint density at radius 3 is 2.56 bits per heavy atom. The lowest BCUT2D eigenvalue weighted by Gasteiger charge is -2.39. The van der Waals surface area contributed by atoms with E-state index < -0.39 is 5.60 Å². The smallest absolute Gasteiger partial charge is 0.0631 e. The second kappa shape index (κ2) is 3.86. The molecule has 1 fully saturated rings. The van der Waals surface area contributed by atoms with Crippen molar-refractivity contribution in [3.63, 3.8) is 0 Å². The molecule has 0 heterocycles. The van der Waals surface area contributed by atoms with Crippen LogP contribution in [0.2, 0.25) is 0 Å². The Balaban J connectivity index is 2.20. The molecule has 1 saturated carbocycles. The molecule has 2 rings (SSSR count). The Bertz CT molecular complexity index is 375. The van der Waals surface area contributed by atoms with E-state index in [2.05, 4.69) is 18.2 Å². The highest BCUT2D eigenvalue weighted by Crippen LogP contribution is 2.38. The van der Waals surface area contributed by atoms with Crippen LogP contribution in [-0.2, 0) is 12.0 Å². The van der Waals surface area contributed by atoms with Gasteiger partial charge in [0.2, 0.25) is 0 Å². The van der Waals surface area contributed by atoms with Crippen LogP contribution < -0.4 is 5.73 Å². The molecule has 0 bridgehead atoms. The summed E-state index contributed by atoms with van der Waals surface area (Å²) in [6, 6.07) is 8.36. The van der Waals surface area contributed by atoms with E-state index in [-0.39, 0.29) is 5.54 Å². The maximum atomic E-state index is 9.80. The fourth-order valence-corrected chi connectivity index (χ4v) is 2.34. The minimum atomic E-state index is -0.653. The van der Waals surface area contributed by atoms with E-state index in [1.807, 2.05) is 19.9 Å². The van der Waals surface area contributed by atoms with Gasteiger partial charge in [-0.2, -0.15) is 0 Å². The van der Waals surface area contributed by atoms with Gasteiger partial charge in [0.15, 0.2) is 0 Å². The van der Waals surface area contributed by atoms with Gasteiger partial charge in [0.25, 0.3) is 0 Å². The summed E-state index contributed by atoms with van der Waals surface area (Å²) < 4.78 is 0. The maximum Gasteiger partial charge on any atom is 0.0631 e. The van der Waals surface area contributed by atoms with Crippen molar-refractivity contribution < 1.29 is 5.11 Å². The molecule has 2 heteroatoms. The number of benzene rings is 1. The molecule has 1 aromatic carbocycles. The maximum absolute atomic E-state index is 9.80. The average molecular weight is 219 g/mol.